The van der Waals surface area contributed by atoms with Crippen LogP contribution in [0.15, 0.2) is 47.1 Å². The maximum atomic E-state index is 3.87. The third kappa shape index (κ3) is 8.64. The van der Waals surface area contributed by atoms with Gasteiger partial charge in [-0.05, 0) is 50.3 Å². The highest BCUT2D eigenvalue weighted by Gasteiger charge is 2.06. The summed E-state index contributed by atoms with van der Waals surface area (Å²) in [6.07, 6.45) is 9.76. The van der Waals surface area contributed by atoms with Crippen LogP contribution in [0.3, 0.4) is 0 Å². The van der Waals surface area contributed by atoms with Gasteiger partial charge in [0.1, 0.15) is 0 Å². The molecule has 0 unspecified atom stereocenters. The lowest BCUT2D eigenvalue weighted by atomic mass is 9.92. The van der Waals surface area contributed by atoms with Crippen molar-refractivity contribution in [2.45, 2.75) is 75.2 Å². The molecule has 0 aliphatic heterocycles. The zero-order valence-corrected chi connectivity index (χ0v) is 13.6. The van der Waals surface area contributed by atoms with Gasteiger partial charge in [-0.1, -0.05) is 71.9 Å². The molecule has 0 aromatic heterocycles. The standard InChI is InChI=1S/C16H26.C2H6.CH4/c1-7-11-14(6)15(10-4)16(12-8-2)13(5)9-3;1-2;/h8-9,12H,3,7,10-11H2,1-2,4-6H3;1-2H3;1H4/b12-8-,15-14+,16-13+;;. The summed E-state index contributed by atoms with van der Waals surface area (Å²) in [4.78, 5) is 0. The van der Waals surface area contributed by atoms with Crippen LogP contribution in [0, 0.1) is 0 Å². The summed E-state index contributed by atoms with van der Waals surface area (Å²) in [6, 6.07) is 0. The zero-order valence-electron chi connectivity index (χ0n) is 13.6. The molecule has 0 aromatic carbocycles. The minimum absolute atomic E-state index is 0. The van der Waals surface area contributed by atoms with Gasteiger partial charge in [0.05, 0.1) is 0 Å². The van der Waals surface area contributed by atoms with E-state index in [-0.39, 0.29) is 7.43 Å². The summed E-state index contributed by atoms with van der Waals surface area (Å²) < 4.78 is 0. The van der Waals surface area contributed by atoms with Crippen molar-refractivity contribution >= 4 is 0 Å². The van der Waals surface area contributed by atoms with Crippen molar-refractivity contribution in [2.24, 2.45) is 0 Å². The predicted octanol–water partition coefficient (Wildman–Crippen LogP) is 7.25. The smallest absolute Gasteiger partial charge is 0.0199 e. The Morgan fingerprint density at radius 3 is 1.95 bits per heavy atom. The predicted molar refractivity (Wildman–Crippen MR) is 93.7 cm³/mol. The normalized spacial score (nSPS) is 12.8. The van der Waals surface area contributed by atoms with E-state index in [1.54, 1.807) is 0 Å². The maximum Gasteiger partial charge on any atom is -0.0199 e. The van der Waals surface area contributed by atoms with E-state index >= 15 is 0 Å². The average molecular weight is 264 g/mol. The summed E-state index contributed by atoms with van der Waals surface area (Å²) in [6.45, 7) is 18.8. The Hall–Kier alpha value is -1.04. The highest BCUT2D eigenvalue weighted by atomic mass is 14.1. The Bertz CT molecular complexity index is 311. The summed E-state index contributed by atoms with van der Waals surface area (Å²) in [5, 5.41) is 0. The molecule has 0 N–H and O–H groups in total. The third-order valence-corrected chi connectivity index (χ3v) is 2.88. The van der Waals surface area contributed by atoms with Crippen molar-refractivity contribution in [3.8, 4) is 0 Å². The SMILES string of the molecule is C.C=C/C(C)=C(\C=C/C)C(/CC)=C(\C)CCC.CC. The molecule has 0 heterocycles. The van der Waals surface area contributed by atoms with E-state index in [0.717, 1.165) is 6.42 Å². The molecular formula is C19H36. The molecule has 19 heavy (non-hydrogen) atoms. The van der Waals surface area contributed by atoms with Crippen LogP contribution >= 0.6 is 0 Å². The molecule has 0 aromatic rings. The lowest BCUT2D eigenvalue weighted by Gasteiger charge is -2.13. The first kappa shape index (κ1) is 23.1. The van der Waals surface area contributed by atoms with Gasteiger partial charge in [-0.3, -0.25) is 0 Å². The Morgan fingerprint density at radius 2 is 1.63 bits per heavy atom. The van der Waals surface area contributed by atoms with Gasteiger partial charge in [0, 0.05) is 0 Å². The first-order chi connectivity index (χ1) is 8.62. The fraction of sp³-hybridized carbons (Fsp3) is 0.579. The molecule has 0 aliphatic rings. The second-order valence-electron chi connectivity index (χ2n) is 4.16. The number of allylic oxidation sites excluding steroid dienone is 7. The van der Waals surface area contributed by atoms with E-state index < -0.39 is 0 Å². The molecule has 0 bridgehead atoms. The molecule has 0 nitrogen and oxygen atoms in total. The van der Waals surface area contributed by atoms with Crippen LogP contribution in [0.2, 0.25) is 0 Å². The van der Waals surface area contributed by atoms with Crippen molar-refractivity contribution in [1.29, 1.82) is 0 Å². The minimum atomic E-state index is 0. The van der Waals surface area contributed by atoms with Gasteiger partial charge >= 0.3 is 0 Å². The van der Waals surface area contributed by atoms with Gasteiger partial charge in [0.25, 0.3) is 0 Å². The average Bonchev–Trinajstić information content (AvgIpc) is 2.40. The lowest BCUT2D eigenvalue weighted by molar-refractivity contribution is 0.879. The Morgan fingerprint density at radius 1 is 1.11 bits per heavy atom. The molecule has 0 aliphatic carbocycles. The van der Waals surface area contributed by atoms with Crippen LogP contribution in [0.5, 0.6) is 0 Å². The van der Waals surface area contributed by atoms with Crippen molar-refractivity contribution < 1.29 is 0 Å². The van der Waals surface area contributed by atoms with Crippen LogP contribution in [-0.4, -0.2) is 0 Å². The van der Waals surface area contributed by atoms with E-state index in [9.17, 15) is 0 Å². The van der Waals surface area contributed by atoms with Crippen LogP contribution < -0.4 is 0 Å². The lowest BCUT2D eigenvalue weighted by Crippen LogP contribution is -1.94. The first-order valence-electron chi connectivity index (χ1n) is 7.27. The van der Waals surface area contributed by atoms with Crippen LogP contribution in [0.4, 0.5) is 0 Å². The molecule has 0 saturated carbocycles. The largest absolute Gasteiger partial charge is 0.0988 e. The second kappa shape index (κ2) is 15.0. The minimum Gasteiger partial charge on any atom is -0.0988 e. The monoisotopic (exact) mass is 264 g/mol. The highest BCUT2D eigenvalue weighted by Crippen LogP contribution is 2.25. The molecule has 0 amide bonds. The first-order valence-corrected chi connectivity index (χ1v) is 7.27. The number of hydrogen-bond donors (Lipinski definition) is 0. The Kier molecular flexibility index (Phi) is 18.2. The van der Waals surface area contributed by atoms with E-state index in [0.29, 0.717) is 0 Å². The van der Waals surface area contributed by atoms with Crippen molar-refractivity contribution in [1.82, 2.24) is 0 Å². The van der Waals surface area contributed by atoms with Crippen molar-refractivity contribution in [3.05, 3.63) is 47.1 Å². The Labute approximate surface area is 123 Å². The van der Waals surface area contributed by atoms with E-state index in [4.69, 9.17) is 0 Å². The fourth-order valence-electron chi connectivity index (χ4n) is 1.99. The van der Waals surface area contributed by atoms with Gasteiger partial charge in [-0.25, -0.2) is 0 Å². The number of hydrogen-bond acceptors (Lipinski definition) is 0. The van der Waals surface area contributed by atoms with Gasteiger partial charge < -0.3 is 0 Å². The summed E-state index contributed by atoms with van der Waals surface area (Å²) in [7, 11) is 0. The molecule has 0 rings (SSSR count). The van der Waals surface area contributed by atoms with Gasteiger partial charge in [0.15, 0.2) is 0 Å². The molecule has 112 valence electrons. The van der Waals surface area contributed by atoms with Gasteiger partial charge in [-0.15, -0.1) is 0 Å². The zero-order chi connectivity index (χ0) is 14.6. The molecular weight excluding hydrogens is 228 g/mol. The van der Waals surface area contributed by atoms with Crippen molar-refractivity contribution in [3.63, 3.8) is 0 Å². The van der Waals surface area contributed by atoms with Crippen LogP contribution in [0.25, 0.3) is 0 Å². The fourth-order valence-corrected chi connectivity index (χ4v) is 1.99. The highest BCUT2D eigenvalue weighted by molar-refractivity contribution is 5.47. The third-order valence-electron chi connectivity index (χ3n) is 2.88. The van der Waals surface area contributed by atoms with E-state index in [2.05, 4.69) is 53.3 Å². The second-order valence-corrected chi connectivity index (χ2v) is 4.16. The van der Waals surface area contributed by atoms with Gasteiger partial charge in [0.2, 0.25) is 0 Å². The Balaban J connectivity index is -0.000000809. The molecule has 0 spiro atoms. The maximum absolute atomic E-state index is 3.87. The molecule has 0 fully saturated rings. The van der Waals surface area contributed by atoms with E-state index in [1.807, 2.05) is 19.9 Å². The van der Waals surface area contributed by atoms with E-state index in [1.165, 1.54) is 35.1 Å². The summed E-state index contributed by atoms with van der Waals surface area (Å²) in [5.74, 6) is 0. The summed E-state index contributed by atoms with van der Waals surface area (Å²) in [5.41, 5.74) is 5.62. The number of rotatable bonds is 6. The molecule has 0 saturated heterocycles. The molecule has 0 atom stereocenters. The van der Waals surface area contributed by atoms with Crippen LogP contribution in [-0.2, 0) is 0 Å². The van der Waals surface area contributed by atoms with Crippen LogP contribution in [0.1, 0.15) is 75.2 Å². The quantitative estimate of drug-likeness (QED) is 0.443. The molecule has 0 radical (unpaired) electrons. The van der Waals surface area contributed by atoms with Crippen molar-refractivity contribution in [2.75, 3.05) is 0 Å². The summed E-state index contributed by atoms with van der Waals surface area (Å²) >= 11 is 0. The topological polar surface area (TPSA) is 0 Å². The molecule has 0 heteroatoms. The van der Waals surface area contributed by atoms with Gasteiger partial charge in [-0.2, -0.15) is 0 Å².